The van der Waals surface area contributed by atoms with E-state index in [9.17, 15) is 4.79 Å². The number of fused-ring (bicyclic) bond motifs is 2. The predicted octanol–water partition coefficient (Wildman–Crippen LogP) is 1.92. The summed E-state index contributed by atoms with van der Waals surface area (Å²) < 4.78 is 16.9. The Morgan fingerprint density at radius 3 is 2.65 bits per heavy atom. The molecular formula is C19H27N3O4. The molecule has 4 heterocycles. The van der Waals surface area contributed by atoms with Crippen LogP contribution in [-0.2, 0) is 9.47 Å². The van der Waals surface area contributed by atoms with Crippen LogP contribution in [-0.4, -0.2) is 78.5 Å². The molecule has 0 radical (unpaired) electrons. The van der Waals surface area contributed by atoms with E-state index in [0.29, 0.717) is 12.5 Å². The van der Waals surface area contributed by atoms with Gasteiger partial charge in [-0.05, 0) is 18.9 Å². The van der Waals surface area contributed by atoms with Crippen LogP contribution >= 0.6 is 0 Å². The van der Waals surface area contributed by atoms with Crippen molar-refractivity contribution < 1.29 is 19.0 Å². The van der Waals surface area contributed by atoms with Crippen LogP contribution in [0.1, 0.15) is 25.7 Å². The van der Waals surface area contributed by atoms with Crippen LogP contribution < -0.4 is 4.74 Å². The van der Waals surface area contributed by atoms with Gasteiger partial charge in [0.25, 0.3) is 0 Å². The zero-order valence-electron chi connectivity index (χ0n) is 15.1. The van der Waals surface area contributed by atoms with Crippen molar-refractivity contribution in [3.8, 4) is 5.88 Å². The van der Waals surface area contributed by atoms with Gasteiger partial charge in [-0.2, -0.15) is 0 Å². The van der Waals surface area contributed by atoms with Crippen LogP contribution in [0, 0.1) is 0 Å². The summed E-state index contributed by atoms with van der Waals surface area (Å²) in [6.45, 7) is 4.59. The fourth-order valence-corrected chi connectivity index (χ4v) is 4.27. The minimum atomic E-state index is -0.165. The molecule has 0 aliphatic carbocycles. The van der Waals surface area contributed by atoms with Gasteiger partial charge in [-0.3, -0.25) is 4.90 Å². The van der Waals surface area contributed by atoms with Crippen LogP contribution in [0.2, 0.25) is 0 Å². The van der Waals surface area contributed by atoms with E-state index < -0.39 is 0 Å². The third kappa shape index (κ3) is 4.10. The molecule has 7 nitrogen and oxygen atoms in total. The van der Waals surface area contributed by atoms with E-state index in [1.807, 2.05) is 23.1 Å². The largest absolute Gasteiger partial charge is 0.474 e. The highest BCUT2D eigenvalue weighted by atomic mass is 16.6. The lowest BCUT2D eigenvalue weighted by Crippen LogP contribution is -2.50. The van der Waals surface area contributed by atoms with Crippen LogP contribution in [0.25, 0.3) is 0 Å². The monoisotopic (exact) mass is 361 g/mol. The topological polar surface area (TPSA) is 64.1 Å². The van der Waals surface area contributed by atoms with Gasteiger partial charge >= 0.3 is 6.09 Å². The third-order valence-corrected chi connectivity index (χ3v) is 5.56. The van der Waals surface area contributed by atoms with Gasteiger partial charge < -0.3 is 19.1 Å². The standard InChI is InChI=1S/C19H27N3O4/c23-19(25-12-9-21-7-10-24-11-8-21)22-15-4-5-16(22)14-17(13-15)26-18-3-1-2-6-20-18/h1-3,6,15-17H,4-5,7-14H2. The Kier molecular flexibility index (Phi) is 5.55. The fourth-order valence-electron chi connectivity index (χ4n) is 4.27. The van der Waals surface area contributed by atoms with Crippen molar-refractivity contribution in [3.05, 3.63) is 24.4 Å². The molecule has 0 N–H and O–H groups in total. The van der Waals surface area contributed by atoms with Crippen LogP contribution in [0.3, 0.4) is 0 Å². The summed E-state index contributed by atoms with van der Waals surface area (Å²) in [6, 6.07) is 6.13. The number of morpholine rings is 1. The molecule has 3 saturated heterocycles. The van der Waals surface area contributed by atoms with Gasteiger partial charge in [0, 0.05) is 56.8 Å². The Morgan fingerprint density at radius 2 is 1.96 bits per heavy atom. The molecule has 1 aromatic rings. The molecule has 4 rings (SSSR count). The van der Waals surface area contributed by atoms with Crippen molar-refractivity contribution in [1.29, 1.82) is 0 Å². The number of rotatable bonds is 5. The maximum absolute atomic E-state index is 12.6. The summed E-state index contributed by atoms with van der Waals surface area (Å²) in [7, 11) is 0. The fraction of sp³-hybridized carbons (Fsp3) is 0.684. The third-order valence-electron chi connectivity index (χ3n) is 5.56. The second-order valence-electron chi connectivity index (χ2n) is 7.24. The van der Waals surface area contributed by atoms with E-state index in [-0.39, 0.29) is 24.3 Å². The maximum atomic E-state index is 12.6. The second kappa shape index (κ2) is 8.22. The molecule has 1 aromatic heterocycles. The van der Waals surface area contributed by atoms with E-state index in [1.165, 1.54) is 0 Å². The van der Waals surface area contributed by atoms with Crippen molar-refractivity contribution in [1.82, 2.24) is 14.8 Å². The Bertz CT molecular complexity index is 580. The molecule has 26 heavy (non-hydrogen) atoms. The van der Waals surface area contributed by atoms with E-state index >= 15 is 0 Å². The number of ether oxygens (including phenoxy) is 3. The number of piperidine rings is 1. The summed E-state index contributed by atoms with van der Waals surface area (Å²) in [5, 5.41) is 0. The molecule has 7 heteroatoms. The minimum Gasteiger partial charge on any atom is -0.474 e. The molecule has 0 saturated carbocycles. The highest BCUT2D eigenvalue weighted by Crippen LogP contribution is 2.37. The van der Waals surface area contributed by atoms with E-state index in [4.69, 9.17) is 14.2 Å². The molecule has 142 valence electrons. The molecule has 0 spiro atoms. The van der Waals surface area contributed by atoms with Crippen LogP contribution in [0.5, 0.6) is 5.88 Å². The van der Waals surface area contributed by atoms with Crippen molar-refractivity contribution >= 4 is 6.09 Å². The highest BCUT2D eigenvalue weighted by Gasteiger charge is 2.45. The van der Waals surface area contributed by atoms with Crippen LogP contribution in [0.15, 0.2) is 24.4 Å². The average molecular weight is 361 g/mol. The first-order valence-corrected chi connectivity index (χ1v) is 9.62. The van der Waals surface area contributed by atoms with Crippen molar-refractivity contribution in [3.63, 3.8) is 0 Å². The number of amides is 1. The Hall–Kier alpha value is -1.86. The molecule has 2 bridgehead atoms. The molecule has 2 unspecified atom stereocenters. The van der Waals surface area contributed by atoms with Crippen molar-refractivity contribution in [2.24, 2.45) is 0 Å². The van der Waals surface area contributed by atoms with Crippen LogP contribution in [0.4, 0.5) is 4.79 Å². The van der Waals surface area contributed by atoms with Gasteiger partial charge in [0.15, 0.2) is 0 Å². The SMILES string of the molecule is O=C(OCCN1CCOCC1)N1C2CCC1CC(Oc1ccccn1)C2. The molecular weight excluding hydrogens is 334 g/mol. The predicted molar refractivity (Wildman–Crippen MR) is 95.1 cm³/mol. The summed E-state index contributed by atoms with van der Waals surface area (Å²) in [5.74, 6) is 0.665. The number of pyridine rings is 1. The smallest absolute Gasteiger partial charge is 0.410 e. The van der Waals surface area contributed by atoms with Gasteiger partial charge in [-0.15, -0.1) is 0 Å². The van der Waals surface area contributed by atoms with E-state index in [2.05, 4.69) is 9.88 Å². The van der Waals surface area contributed by atoms with Gasteiger partial charge in [0.05, 0.1) is 13.2 Å². The zero-order valence-corrected chi connectivity index (χ0v) is 15.1. The summed E-state index contributed by atoms with van der Waals surface area (Å²) >= 11 is 0. The molecule has 3 fully saturated rings. The van der Waals surface area contributed by atoms with Crippen molar-refractivity contribution in [2.45, 2.75) is 43.9 Å². The Morgan fingerprint density at radius 1 is 1.19 bits per heavy atom. The van der Waals surface area contributed by atoms with Crippen molar-refractivity contribution in [2.75, 3.05) is 39.5 Å². The number of hydrogen-bond acceptors (Lipinski definition) is 6. The molecule has 1 amide bonds. The van der Waals surface area contributed by atoms with Gasteiger partial charge in [0.1, 0.15) is 12.7 Å². The Labute approximate surface area is 154 Å². The maximum Gasteiger partial charge on any atom is 0.410 e. The van der Waals surface area contributed by atoms with Gasteiger partial charge in [0.2, 0.25) is 5.88 Å². The number of hydrogen-bond donors (Lipinski definition) is 0. The normalized spacial score (nSPS) is 28.8. The first-order chi connectivity index (χ1) is 12.8. The average Bonchev–Trinajstić information content (AvgIpc) is 2.94. The van der Waals surface area contributed by atoms with E-state index in [0.717, 1.165) is 58.5 Å². The molecule has 3 aliphatic heterocycles. The first-order valence-electron chi connectivity index (χ1n) is 9.62. The van der Waals surface area contributed by atoms with Gasteiger partial charge in [-0.25, -0.2) is 9.78 Å². The second-order valence-corrected chi connectivity index (χ2v) is 7.24. The Balaban J connectivity index is 1.25. The van der Waals surface area contributed by atoms with E-state index in [1.54, 1.807) is 6.20 Å². The lowest BCUT2D eigenvalue weighted by atomic mass is 10.0. The summed E-state index contributed by atoms with van der Waals surface area (Å²) in [5.41, 5.74) is 0. The number of carbonyl (C=O) groups excluding carboxylic acids is 1. The lowest BCUT2D eigenvalue weighted by molar-refractivity contribution is 0.0125. The summed E-state index contributed by atoms with van der Waals surface area (Å²) in [4.78, 5) is 21.0. The molecule has 2 atom stereocenters. The lowest BCUT2D eigenvalue weighted by Gasteiger charge is -2.38. The highest BCUT2D eigenvalue weighted by molar-refractivity contribution is 5.69. The molecule has 0 aromatic carbocycles. The zero-order chi connectivity index (χ0) is 17.8. The first kappa shape index (κ1) is 17.5. The van der Waals surface area contributed by atoms with Gasteiger partial charge in [-0.1, -0.05) is 6.07 Å². The molecule has 3 aliphatic rings. The number of carbonyl (C=O) groups is 1. The quantitative estimate of drug-likeness (QED) is 0.798. The summed E-state index contributed by atoms with van der Waals surface area (Å²) in [6.07, 6.45) is 5.47. The number of aromatic nitrogens is 1. The minimum absolute atomic E-state index is 0.125. The number of nitrogens with zero attached hydrogens (tertiary/aromatic N) is 3.